The molecule has 0 saturated heterocycles. The Bertz CT molecular complexity index is 705. The predicted octanol–water partition coefficient (Wildman–Crippen LogP) is -0.0516. The summed E-state index contributed by atoms with van der Waals surface area (Å²) in [6.45, 7) is 3.75. The molecule has 1 fully saturated rings. The van der Waals surface area contributed by atoms with E-state index in [0.717, 1.165) is 0 Å². The molecular formula is C14H17N5O3. The zero-order chi connectivity index (χ0) is 16.0. The van der Waals surface area contributed by atoms with Gasteiger partial charge in [-0.1, -0.05) is 6.58 Å². The van der Waals surface area contributed by atoms with Crippen LogP contribution < -0.4 is 5.73 Å². The number of amidine groups is 1. The van der Waals surface area contributed by atoms with Gasteiger partial charge in [0.2, 0.25) is 5.78 Å². The first-order valence-corrected chi connectivity index (χ1v) is 6.93. The summed E-state index contributed by atoms with van der Waals surface area (Å²) in [4.78, 5) is 20.4. The zero-order valence-corrected chi connectivity index (χ0v) is 11.9. The van der Waals surface area contributed by atoms with Crippen molar-refractivity contribution in [2.45, 2.75) is 25.0 Å². The van der Waals surface area contributed by atoms with E-state index in [1.807, 2.05) is 0 Å². The maximum Gasteiger partial charge on any atom is 0.229 e. The number of imidazole rings is 1. The second-order valence-electron chi connectivity index (χ2n) is 5.59. The molecule has 8 heteroatoms. The molecule has 1 aromatic rings. The van der Waals surface area contributed by atoms with Gasteiger partial charge in [0.05, 0.1) is 37.2 Å². The van der Waals surface area contributed by atoms with Gasteiger partial charge in [-0.3, -0.25) is 4.79 Å². The number of nitrogens with one attached hydrogen (secondary N) is 1. The standard InChI is InChI=1S/C14H17N5O3/c1-6-7(4-20)10(21)3-9(6)19-5-17-12-13(22)8(15)2-11(16)18-14(12)19/h5,7,9-10,15,20-21H,1-4H2,(H2,16,18)/t7-,9-,10-/m0/s1. The van der Waals surface area contributed by atoms with E-state index in [4.69, 9.17) is 11.1 Å². The summed E-state index contributed by atoms with van der Waals surface area (Å²) in [6.07, 6.45) is 1.08. The molecule has 1 saturated carbocycles. The van der Waals surface area contributed by atoms with E-state index >= 15 is 0 Å². The van der Waals surface area contributed by atoms with Crippen LogP contribution >= 0.6 is 0 Å². The van der Waals surface area contributed by atoms with Crippen LogP contribution in [0.1, 0.15) is 29.4 Å². The zero-order valence-electron chi connectivity index (χ0n) is 11.9. The number of aliphatic hydroxyl groups is 2. The second kappa shape index (κ2) is 5.15. The Morgan fingerprint density at radius 2 is 2.27 bits per heavy atom. The van der Waals surface area contributed by atoms with Crippen LogP contribution in [0.3, 0.4) is 0 Å². The molecule has 3 atom stereocenters. The highest BCUT2D eigenvalue weighted by atomic mass is 16.3. The number of Topliss-reactive ketones (excluding diaryl/α,β-unsaturated/α-hetero) is 1. The summed E-state index contributed by atoms with van der Waals surface area (Å²) in [7, 11) is 0. The van der Waals surface area contributed by atoms with Gasteiger partial charge in [-0.25, -0.2) is 9.98 Å². The van der Waals surface area contributed by atoms with Crippen molar-refractivity contribution < 1.29 is 15.0 Å². The molecule has 0 bridgehead atoms. The Kier molecular flexibility index (Phi) is 3.42. The molecule has 8 nitrogen and oxygen atoms in total. The van der Waals surface area contributed by atoms with Crippen LogP contribution in [0.15, 0.2) is 23.5 Å². The fourth-order valence-electron chi connectivity index (χ4n) is 3.00. The summed E-state index contributed by atoms with van der Waals surface area (Å²) in [6, 6.07) is -0.319. The molecule has 0 unspecified atom stereocenters. The maximum atomic E-state index is 12.1. The van der Waals surface area contributed by atoms with Gasteiger partial charge in [0.15, 0.2) is 11.5 Å². The van der Waals surface area contributed by atoms with Crippen molar-refractivity contribution in [1.82, 2.24) is 9.55 Å². The predicted molar refractivity (Wildman–Crippen MR) is 79.6 cm³/mol. The second-order valence-corrected chi connectivity index (χ2v) is 5.59. The van der Waals surface area contributed by atoms with Crippen molar-refractivity contribution in [1.29, 1.82) is 5.41 Å². The van der Waals surface area contributed by atoms with Crippen molar-refractivity contribution in [2.24, 2.45) is 16.6 Å². The number of aromatic nitrogens is 2. The number of carbonyl (C=O) groups is 1. The molecule has 0 spiro atoms. The Hall–Kier alpha value is -2.32. The number of nitrogens with two attached hydrogens (primary N) is 1. The molecule has 1 aliphatic heterocycles. The SMILES string of the molecule is C=C1[C@H](CO)[C@@H](O)C[C@@H]1n1cnc2c1N=C(N)CC(=N)C2=O. The van der Waals surface area contributed by atoms with Crippen LogP contribution in [0.2, 0.25) is 0 Å². The van der Waals surface area contributed by atoms with E-state index in [-0.39, 0.29) is 42.1 Å². The minimum atomic E-state index is -0.707. The highest BCUT2D eigenvalue weighted by Crippen LogP contribution is 2.41. The third-order valence-electron chi connectivity index (χ3n) is 4.23. The third-order valence-corrected chi connectivity index (χ3v) is 4.23. The highest BCUT2D eigenvalue weighted by Gasteiger charge is 2.39. The third kappa shape index (κ3) is 2.08. The van der Waals surface area contributed by atoms with Crippen LogP contribution in [-0.4, -0.2) is 49.8 Å². The normalized spacial score (nSPS) is 28.5. The number of hydrogen-bond donors (Lipinski definition) is 4. The van der Waals surface area contributed by atoms with E-state index in [2.05, 4.69) is 16.6 Å². The van der Waals surface area contributed by atoms with Gasteiger partial charge in [0.25, 0.3) is 0 Å². The quantitative estimate of drug-likeness (QED) is 0.567. The first-order valence-electron chi connectivity index (χ1n) is 6.93. The summed E-state index contributed by atoms with van der Waals surface area (Å²) in [5, 5.41) is 27.1. The smallest absolute Gasteiger partial charge is 0.229 e. The number of ketones is 1. The van der Waals surface area contributed by atoms with E-state index in [9.17, 15) is 15.0 Å². The first kappa shape index (κ1) is 14.6. The largest absolute Gasteiger partial charge is 0.396 e. The average molecular weight is 303 g/mol. The number of hydrogen-bond acceptors (Lipinski definition) is 7. The summed E-state index contributed by atoms with van der Waals surface area (Å²) < 4.78 is 1.64. The van der Waals surface area contributed by atoms with Crippen molar-refractivity contribution >= 4 is 23.1 Å². The van der Waals surface area contributed by atoms with Gasteiger partial charge in [0.1, 0.15) is 5.84 Å². The number of aliphatic imine (C=N–C) groups is 1. The van der Waals surface area contributed by atoms with Crippen molar-refractivity contribution in [3.63, 3.8) is 0 Å². The average Bonchev–Trinajstić information content (AvgIpc) is 2.95. The van der Waals surface area contributed by atoms with E-state index < -0.39 is 17.8 Å². The number of rotatable bonds is 2. The molecule has 22 heavy (non-hydrogen) atoms. The molecule has 1 aliphatic carbocycles. The van der Waals surface area contributed by atoms with Gasteiger partial charge in [-0.15, -0.1) is 0 Å². The first-order chi connectivity index (χ1) is 10.4. The lowest BCUT2D eigenvalue weighted by atomic mass is 10.0. The van der Waals surface area contributed by atoms with Crippen molar-refractivity contribution in [3.05, 3.63) is 24.2 Å². The molecule has 116 valence electrons. The molecule has 1 aromatic heterocycles. The molecule has 5 N–H and O–H groups in total. The number of aliphatic hydroxyl groups excluding tert-OH is 2. The minimum Gasteiger partial charge on any atom is -0.396 e. The fraction of sp³-hybridized carbons (Fsp3) is 0.429. The van der Waals surface area contributed by atoms with Crippen LogP contribution in [-0.2, 0) is 0 Å². The molecule has 2 aliphatic rings. The fourth-order valence-corrected chi connectivity index (χ4v) is 3.00. The molecule has 0 amide bonds. The Labute approximate surface area is 126 Å². The van der Waals surface area contributed by atoms with Crippen molar-refractivity contribution in [2.75, 3.05) is 6.61 Å². The topological polar surface area (TPSA) is 138 Å². The molecule has 3 rings (SSSR count). The summed E-state index contributed by atoms with van der Waals surface area (Å²) in [5.74, 6) is -0.464. The van der Waals surface area contributed by atoms with Crippen molar-refractivity contribution in [3.8, 4) is 0 Å². The molecular weight excluding hydrogens is 286 g/mol. The lowest BCUT2D eigenvalue weighted by Gasteiger charge is -2.16. The van der Waals surface area contributed by atoms with Gasteiger partial charge in [-0.05, 0) is 12.0 Å². The van der Waals surface area contributed by atoms with Gasteiger partial charge < -0.3 is 25.9 Å². The summed E-state index contributed by atoms with van der Waals surface area (Å²) >= 11 is 0. The summed E-state index contributed by atoms with van der Waals surface area (Å²) in [5.41, 5.74) is 6.35. The number of nitrogens with zero attached hydrogens (tertiary/aromatic N) is 3. The lowest BCUT2D eigenvalue weighted by molar-refractivity contribution is 0.101. The van der Waals surface area contributed by atoms with Gasteiger partial charge in [0, 0.05) is 5.92 Å². The number of fused-ring (bicyclic) bond motifs is 1. The molecule has 0 radical (unpaired) electrons. The van der Waals surface area contributed by atoms with E-state index in [1.165, 1.54) is 6.33 Å². The maximum absolute atomic E-state index is 12.1. The van der Waals surface area contributed by atoms with Gasteiger partial charge >= 0.3 is 0 Å². The van der Waals surface area contributed by atoms with E-state index in [1.54, 1.807) is 4.57 Å². The van der Waals surface area contributed by atoms with Gasteiger partial charge in [-0.2, -0.15) is 0 Å². The molecule has 0 aromatic carbocycles. The van der Waals surface area contributed by atoms with Crippen LogP contribution in [0.5, 0.6) is 0 Å². The monoisotopic (exact) mass is 303 g/mol. The molecule has 2 heterocycles. The van der Waals surface area contributed by atoms with Crippen LogP contribution in [0, 0.1) is 11.3 Å². The highest BCUT2D eigenvalue weighted by molar-refractivity contribution is 6.48. The van der Waals surface area contributed by atoms with Crippen LogP contribution in [0.25, 0.3) is 0 Å². The minimum absolute atomic E-state index is 0.0112. The number of carbonyl (C=O) groups excluding carboxylic acids is 1. The Morgan fingerprint density at radius 3 is 2.91 bits per heavy atom. The Morgan fingerprint density at radius 1 is 1.55 bits per heavy atom. The lowest BCUT2D eigenvalue weighted by Crippen LogP contribution is -2.20. The van der Waals surface area contributed by atoms with Crippen LogP contribution in [0.4, 0.5) is 5.82 Å². The van der Waals surface area contributed by atoms with E-state index in [0.29, 0.717) is 12.0 Å². The Balaban J connectivity index is 2.07.